The van der Waals surface area contributed by atoms with Crippen molar-refractivity contribution in [2.24, 2.45) is 5.92 Å². The summed E-state index contributed by atoms with van der Waals surface area (Å²) in [7, 11) is 2.52. The van der Waals surface area contributed by atoms with Crippen molar-refractivity contribution in [1.29, 1.82) is 0 Å². The molecule has 3 fully saturated rings. The quantitative estimate of drug-likeness (QED) is 0.105. The van der Waals surface area contributed by atoms with Crippen molar-refractivity contribution in [3.8, 4) is 33.5 Å². The van der Waals surface area contributed by atoms with Gasteiger partial charge in [0.2, 0.25) is 5.91 Å². The van der Waals surface area contributed by atoms with Crippen molar-refractivity contribution in [2.75, 3.05) is 40.5 Å². The molecule has 3 saturated heterocycles. The molecule has 68 heavy (non-hydrogen) atoms. The van der Waals surface area contributed by atoms with E-state index in [9.17, 15) is 19.2 Å². The van der Waals surface area contributed by atoms with Crippen LogP contribution in [0.1, 0.15) is 85.9 Å². The summed E-state index contributed by atoms with van der Waals surface area (Å²) >= 11 is 0. The van der Waals surface area contributed by atoms with E-state index in [1.807, 2.05) is 37.3 Å². The Balaban J connectivity index is 0.879. The molecule has 1 aliphatic carbocycles. The summed E-state index contributed by atoms with van der Waals surface area (Å²) in [6.07, 6.45) is 4.20. The number of nitrogens with zero attached hydrogens (tertiary/aromatic N) is 4. The third-order valence-electron chi connectivity index (χ3n) is 14.3. The van der Waals surface area contributed by atoms with Crippen molar-refractivity contribution in [3.63, 3.8) is 0 Å². The molecule has 1 unspecified atom stereocenters. The van der Waals surface area contributed by atoms with Gasteiger partial charge in [0.15, 0.2) is 0 Å². The number of ether oxygens (including phenoxy) is 3. The Hall–Kier alpha value is -7.14. The summed E-state index contributed by atoms with van der Waals surface area (Å²) in [5.74, 6) is -2.81. The van der Waals surface area contributed by atoms with Gasteiger partial charge in [0.1, 0.15) is 23.7 Å². The normalized spacial score (nSPS) is 20.7. The first kappa shape index (κ1) is 44.7. The van der Waals surface area contributed by atoms with Crippen LogP contribution in [-0.4, -0.2) is 100 Å². The highest BCUT2D eigenvalue weighted by atomic mass is 19.3. The van der Waals surface area contributed by atoms with E-state index in [2.05, 4.69) is 20.6 Å². The molecule has 3 aliphatic heterocycles. The standard InChI is InChI=1S/C51H52F2N8O7/c1-50(20-8-22-61(50)46(63)43(59-49(65)67-3)30-18-23-68-24-19-30)47-54-28-40(57-47)33-13-16-35-34-15-12-31(25-36(34)51(52,53)37(35)26-33)32-14-17-38-39(27-32)56-44(55-38)41-11-7-21-60(41)45(62)42(58-48(64)66-2)29-9-5-4-6-10-29/h4-6,9-10,12-17,25-28,30,41-43H,7-8,11,18-24H2,1-3H3,(H,54,57)(H,55,56)(H,58,64)(H,59,65)/t41?,42-,43+,50+/m1/s1. The number of benzene rings is 4. The number of likely N-dealkylation sites (tertiary alicyclic amines) is 2. The molecule has 2 aromatic heterocycles. The Morgan fingerprint density at radius 3 is 2.21 bits per heavy atom. The van der Waals surface area contributed by atoms with Gasteiger partial charge in [-0.2, -0.15) is 8.78 Å². The van der Waals surface area contributed by atoms with E-state index in [0.717, 1.165) is 12.8 Å². The summed E-state index contributed by atoms with van der Waals surface area (Å²) in [4.78, 5) is 72.9. The predicted molar refractivity (Wildman–Crippen MR) is 247 cm³/mol. The van der Waals surface area contributed by atoms with E-state index in [0.29, 0.717) is 114 Å². The van der Waals surface area contributed by atoms with Gasteiger partial charge >= 0.3 is 12.2 Å². The van der Waals surface area contributed by atoms with Crippen LogP contribution in [0.5, 0.6) is 0 Å². The minimum Gasteiger partial charge on any atom is -0.453 e. The van der Waals surface area contributed by atoms with Gasteiger partial charge in [-0.25, -0.2) is 19.6 Å². The van der Waals surface area contributed by atoms with Gasteiger partial charge in [0.25, 0.3) is 11.8 Å². The van der Waals surface area contributed by atoms with Gasteiger partial charge in [-0.3, -0.25) is 9.59 Å². The number of nitrogens with one attached hydrogen (secondary N) is 4. The zero-order chi connectivity index (χ0) is 47.3. The molecule has 4 N–H and O–H groups in total. The molecule has 4 atom stereocenters. The number of fused-ring (bicyclic) bond motifs is 4. The molecule has 0 saturated carbocycles. The first-order chi connectivity index (χ1) is 32.9. The predicted octanol–water partition coefficient (Wildman–Crippen LogP) is 8.49. The Morgan fingerprint density at radius 2 is 1.47 bits per heavy atom. The fraction of sp³-hybridized carbons (Fsp3) is 0.373. The fourth-order valence-corrected chi connectivity index (χ4v) is 10.6. The van der Waals surface area contributed by atoms with Gasteiger partial charge in [-0.1, -0.05) is 60.7 Å². The molecule has 10 rings (SSSR count). The highest BCUT2D eigenvalue weighted by Gasteiger charge is 2.48. The molecule has 0 spiro atoms. The van der Waals surface area contributed by atoms with Crippen molar-refractivity contribution < 1.29 is 42.2 Å². The van der Waals surface area contributed by atoms with Crippen LogP contribution in [0.15, 0.2) is 91.1 Å². The minimum atomic E-state index is -3.31. The molecule has 4 aliphatic rings. The molecule has 6 aromatic rings. The number of aromatic amines is 2. The number of methoxy groups -OCH3 is 2. The van der Waals surface area contributed by atoms with Gasteiger partial charge in [-0.05, 0) is 103 Å². The van der Waals surface area contributed by atoms with Crippen LogP contribution < -0.4 is 10.6 Å². The lowest BCUT2D eigenvalue weighted by atomic mass is 9.89. The fourth-order valence-electron chi connectivity index (χ4n) is 10.6. The highest BCUT2D eigenvalue weighted by Crippen LogP contribution is 2.53. The van der Waals surface area contributed by atoms with Gasteiger partial charge < -0.3 is 44.6 Å². The summed E-state index contributed by atoms with van der Waals surface area (Å²) in [6, 6.07) is 22.6. The maximum Gasteiger partial charge on any atom is 0.407 e. The van der Waals surface area contributed by atoms with E-state index in [1.165, 1.54) is 20.3 Å². The van der Waals surface area contributed by atoms with Crippen LogP contribution in [-0.2, 0) is 35.3 Å². The average molecular weight is 927 g/mol. The SMILES string of the molecule is COC(=O)N[C@H](C(=O)N1CCC[C@@]1(C)c1ncc(-c2ccc3c(c2)C(F)(F)c2cc(-c4ccc5nc(C6CCCN6C(=O)[C@H](NC(=O)OC)c6ccccc6)[nH]c5c4)ccc2-3)[nH]1)C1CCOCC1. The Labute approximate surface area is 391 Å². The Kier molecular flexibility index (Phi) is 11.7. The van der Waals surface area contributed by atoms with Crippen molar-refractivity contribution >= 4 is 35.0 Å². The number of H-pyrrole nitrogens is 2. The number of aromatic nitrogens is 4. The lowest BCUT2D eigenvalue weighted by molar-refractivity contribution is -0.140. The molecule has 0 bridgehead atoms. The molecule has 15 nitrogen and oxygen atoms in total. The lowest BCUT2D eigenvalue weighted by Crippen LogP contribution is -2.56. The van der Waals surface area contributed by atoms with Crippen LogP contribution in [0.3, 0.4) is 0 Å². The average Bonchev–Trinajstić information content (AvgIpc) is 4.23. The Morgan fingerprint density at radius 1 is 0.794 bits per heavy atom. The van der Waals surface area contributed by atoms with Crippen LogP contribution in [0.25, 0.3) is 44.5 Å². The number of amides is 4. The Bertz CT molecular complexity index is 2920. The van der Waals surface area contributed by atoms with Gasteiger partial charge in [0.05, 0.1) is 48.7 Å². The maximum absolute atomic E-state index is 16.7. The number of carbonyl (C=O) groups is 4. The first-order valence-corrected chi connectivity index (χ1v) is 23.0. The van der Waals surface area contributed by atoms with Crippen molar-refractivity contribution in [2.45, 2.75) is 75.0 Å². The van der Waals surface area contributed by atoms with Gasteiger partial charge in [-0.15, -0.1) is 0 Å². The van der Waals surface area contributed by atoms with Crippen LogP contribution in [0, 0.1) is 5.92 Å². The minimum absolute atomic E-state index is 0.0984. The monoisotopic (exact) mass is 926 g/mol. The third kappa shape index (κ3) is 7.91. The lowest BCUT2D eigenvalue weighted by Gasteiger charge is -2.38. The number of imidazole rings is 2. The van der Waals surface area contributed by atoms with Crippen LogP contribution >= 0.6 is 0 Å². The second-order valence-corrected chi connectivity index (χ2v) is 18.2. The number of halogens is 2. The zero-order valence-corrected chi connectivity index (χ0v) is 37.9. The summed E-state index contributed by atoms with van der Waals surface area (Å²) in [6.45, 7) is 3.87. The second-order valence-electron chi connectivity index (χ2n) is 18.2. The second kappa shape index (κ2) is 17.8. The number of hydrogen-bond acceptors (Lipinski definition) is 9. The molecular formula is C51H52F2N8O7. The molecule has 17 heteroatoms. The number of alkyl carbamates (subject to hydrolysis) is 2. The van der Waals surface area contributed by atoms with Crippen LogP contribution in [0.2, 0.25) is 0 Å². The van der Waals surface area contributed by atoms with Crippen LogP contribution in [0.4, 0.5) is 18.4 Å². The number of hydrogen-bond donors (Lipinski definition) is 4. The molecular weight excluding hydrogens is 875 g/mol. The van der Waals surface area contributed by atoms with E-state index < -0.39 is 35.7 Å². The number of rotatable bonds is 10. The van der Waals surface area contributed by atoms with Crippen molar-refractivity contribution in [3.05, 3.63) is 119 Å². The van der Waals surface area contributed by atoms with E-state index in [1.54, 1.807) is 64.5 Å². The van der Waals surface area contributed by atoms with Crippen molar-refractivity contribution in [1.82, 2.24) is 40.4 Å². The van der Waals surface area contributed by atoms with E-state index >= 15 is 8.78 Å². The molecule has 352 valence electrons. The largest absolute Gasteiger partial charge is 0.453 e. The topological polar surface area (TPSA) is 184 Å². The smallest absolute Gasteiger partial charge is 0.407 e. The first-order valence-electron chi connectivity index (χ1n) is 23.0. The zero-order valence-electron chi connectivity index (χ0n) is 37.9. The van der Waals surface area contributed by atoms with Gasteiger partial charge in [0, 0.05) is 43.0 Å². The highest BCUT2D eigenvalue weighted by molar-refractivity contribution is 5.89. The number of alkyl halides is 2. The van der Waals surface area contributed by atoms with E-state index in [-0.39, 0.29) is 34.9 Å². The maximum atomic E-state index is 16.7. The molecule has 5 heterocycles. The molecule has 0 radical (unpaired) electrons. The number of carbonyl (C=O) groups excluding carboxylic acids is 4. The molecule has 4 aromatic carbocycles. The summed E-state index contributed by atoms with van der Waals surface area (Å²) in [5, 5.41) is 5.47. The van der Waals surface area contributed by atoms with E-state index in [4.69, 9.17) is 24.2 Å². The third-order valence-corrected chi connectivity index (χ3v) is 14.3. The molecule has 4 amide bonds. The summed E-state index contributed by atoms with van der Waals surface area (Å²) < 4.78 is 48.7. The summed E-state index contributed by atoms with van der Waals surface area (Å²) in [5.41, 5.74) is 4.22.